The molecule has 1 aromatic heterocycles. The quantitative estimate of drug-likeness (QED) is 0.757. The molecule has 0 aliphatic carbocycles. The maximum atomic E-state index is 4.36. The van der Waals surface area contributed by atoms with Crippen LogP contribution in [0.4, 0.5) is 5.95 Å². The number of benzene rings is 1. The van der Waals surface area contributed by atoms with Gasteiger partial charge in [0.2, 0.25) is 5.95 Å². The first kappa shape index (κ1) is 9.65. The van der Waals surface area contributed by atoms with Gasteiger partial charge in [-0.15, -0.1) is 0 Å². The number of hydrogen-bond donors (Lipinski definition) is 1. The smallest absolute Gasteiger partial charge is 0.228 e. The first-order valence-corrected chi connectivity index (χ1v) is 4.98. The number of hydrogen-bond acceptors (Lipinski definition) is 2. The normalized spacial score (nSPS) is 11.9. The molecule has 2 aromatic rings. The van der Waals surface area contributed by atoms with Crippen LogP contribution in [0.25, 0.3) is 11.0 Å². The lowest BCUT2D eigenvalue weighted by molar-refractivity contribution is 1.22. The number of aliphatic imine (C=N–C) groups is 1. The van der Waals surface area contributed by atoms with E-state index < -0.39 is 0 Å². The Morgan fingerprint density at radius 3 is 3.00 bits per heavy atom. The predicted octanol–water partition coefficient (Wildman–Crippen LogP) is 3.23. The van der Waals surface area contributed by atoms with Gasteiger partial charge in [0.15, 0.2) is 0 Å². The maximum absolute atomic E-state index is 4.36. The van der Waals surface area contributed by atoms with Crippen LogP contribution in [0.5, 0.6) is 0 Å². The molecule has 0 amide bonds. The van der Waals surface area contributed by atoms with E-state index in [-0.39, 0.29) is 0 Å². The maximum Gasteiger partial charge on any atom is 0.228 e. The molecule has 0 bridgehead atoms. The Bertz CT molecular complexity index is 475. The summed E-state index contributed by atoms with van der Waals surface area (Å²) in [6, 6.07) is 7.89. The van der Waals surface area contributed by atoms with Crippen molar-refractivity contribution in [2.75, 3.05) is 0 Å². The summed E-state index contributed by atoms with van der Waals surface area (Å²) in [6.07, 6.45) is 2.62. The SMILES string of the molecule is C=CC(CC)=Nc1nc2ccccc2[nH]1. The van der Waals surface area contributed by atoms with Crippen molar-refractivity contribution in [1.82, 2.24) is 9.97 Å². The fourth-order valence-corrected chi connectivity index (χ4v) is 1.40. The molecule has 0 saturated carbocycles. The van der Waals surface area contributed by atoms with E-state index in [2.05, 4.69) is 21.5 Å². The third-order valence-electron chi connectivity index (χ3n) is 2.22. The Labute approximate surface area is 88.6 Å². The minimum absolute atomic E-state index is 0.646. The Kier molecular flexibility index (Phi) is 2.63. The second-order valence-corrected chi connectivity index (χ2v) is 3.24. The molecule has 3 heteroatoms. The molecule has 0 unspecified atom stereocenters. The summed E-state index contributed by atoms with van der Waals surface area (Å²) < 4.78 is 0. The van der Waals surface area contributed by atoms with Gasteiger partial charge in [0.1, 0.15) is 0 Å². The van der Waals surface area contributed by atoms with E-state index in [0.717, 1.165) is 23.2 Å². The van der Waals surface area contributed by atoms with Crippen molar-refractivity contribution in [3.8, 4) is 0 Å². The summed E-state index contributed by atoms with van der Waals surface area (Å²) in [5.41, 5.74) is 2.89. The van der Waals surface area contributed by atoms with Gasteiger partial charge in [0, 0.05) is 5.71 Å². The molecule has 0 radical (unpaired) electrons. The van der Waals surface area contributed by atoms with E-state index >= 15 is 0 Å². The molecule has 15 heavy (non-hydrogen) atoms. The zero-order chi connectivity index (χ0) is 10.7. The van der Waals surface area contributed by atoms with Gasteiger partial charge < -0.3 is 4.98 Å². The molecule has 2 rings (SSSR count). The summed E-state index contributed by atoms with van der Waals surface area (Å²) >= 11 is 0. The number of fused-ring (bicyclic) bond motifs is 1. The Morgan fingerprint density at radius 1 is 1.53 bits per heavy atom. The van der Waals surface area contributed by atoms with Crippen LogP contribution in [0.2, 0.25) is 0 Å². The van der Waals surface area contributed by atoms with Crippen LogP contribution < -0.4 is 0 Å². The van der Waals surface area contributed by atoms with Crippen molar-refractivity contribution >= 4 is 22.7 Å². The largest absolute Gasteiger partial charge is 0.322 e. The molecule has 3 nitrogen and oxygen atoms in total. The van der Waals surface area contributed by atoms with Crippen LogP contribution in [-0.4, -0.2) is 15.7 Å². The van der Waals surface area contributed by atoms with Crippen LogP contribution in [-0.2, 0) is 0 Å². The molecule has 0 aliphatic rings. The van der Waals surface area contributed by atoms with Gasteiger partial charge in [-0.3, -0.25) is 0 Å². The zero-order valence-corrected chi connectivity index (χ0v) is 8.70. The van der Waals surface area contributed by atoms with Crippen LogP contribution >= 0.6 is 0 Å². The number of imidazole rings is 1. The third-order valence-corrected chi connectivity index (χ3v) is 2.22. The van der Waals surface area contributed by atoms with Crippen LogP contribution in [0.1, 0.15) is 13.3 Å². The van der Waals surface area contributed by atoms with Gasteiger partial charge >= 0.3 is 0 Å². The highest BCUT2D eigenvalue weighted by Gasteiger charge is 2.00. The van der Waals surface area contributed by atoms with Crippen LogP contribution in [0.15, 0.2) is 41.9 Å². The van der Waals surface area contributed by atoms with E-state index in [9.17, 15) is 0 Å². The molecule has 1 N–H and O–H groups in total. The molecule has 1 heterocycles. The predicted molar refractivity (Wildman–Crippen MR) is 63.7 cm³/mol. The first-order valence-electron chi connectivity index (χ1n) is 4.98. The lowest BCUT2D eigenvalue weighted by Gasteiger charge is -1.91. The minimum atomic E-state index is 0.646. The van der Waals surface area contributed by atoms with Gasteiger partial charge in [0.25, 0.3) is 0 Å². The molecule has 0 atom stereocenters. The number of H-pyrrole nitrogens is 1. The third kappa shape index (κ3) is 1.96. The van der Waals surface area contributed by atoms with Gasteiger partial charge in [0.05, 0.1) is 11.0 Å². The molecule has 0 saturated heterocycles. The highest BCUT2D eigenvalue weighted by molar-refractivity contribution is 5.95. The average Bonchev–Trinajstić information content (AvgIpc) is 2.68. The molecule has 1 aromatic carbocycles. The Hall–Kier alpha value is -1.90. The molecular weight excluding hydrogens is 186 g/mol. The van der Waals surface area contributed by atoms with Crippen molar-refractivity contribution in [3.63, 3.8) is 0 Å². The highest BCUT2D eigenvalue weighted by Crippen LogP contribution is 2.15. The number of nitrogens with zero attached hydrogens (tertiary/aromatic N) is 2. The summed E-state index contributed by atoms with van der Waals surface area (Å²) in [7, 11) is 0. The van der Waals surface area contributed by atoms with Crippen LogP contribution in [0, 0.1) is 0 Å². The highest BCUT2D eigenvalue weighted by atomic mass is 15.1. The molecular formula is C12H13N3. The van der Waals surface area contributed by atoms with Crippen molar-refractivity contribution in [1.29, 1.82) is 0 Å². The number of para-hydroxylation sites is 2. The lowest BCUT2D eigenvalue weighted by Crippen LogP contribution is -1.88. The summed E-state index contributed by atoms with van der Waals surface area (Å²) in [4.78, 5) is 11.9. The van der Waals surface area contributed by atoms with E-state index in [1.54, 1.807) is 6.08 Å². The van der Waals surface area contributed by atoms with Crippen LogP contribution in [0.3, 0.4) is 0 Å². The molecule has 0 fully saturated rings. The number of nitrogens with one attached hydrogen (secondary N) is 1. The van der Waals surface area contributed by atoms with Crippen molar-refractivity contribution in [2.45, 2.75) is 13.3 Å². The van der Waals surface area contributed by atoms with E-state index in [1.807, 2.05) is 31.2 Å². The van der Waals surface area contributed by atoms with Crippen molar-refractivity contribution in [3.05, 3.63) is 36.9 Å². The second kappa shape index (κ2) is 4.09. The minimum Gasteiger partial charge on any atom is -0.322 e. The fraction of sp³-hybridized carbons (Fsp3) is 0.167. The van der Waals surface area contributed by atoms with E-state index in [1.165, 1.54) is 0 Å². The number of rotatable bonds is 3. The van der Waals surface area contributed by atoms with Crippen molar-refractivity contribution in [2.24, 2.45) is 4.99 Å². The lowest BCUT2D eigenvalue weighted by atomic mass is 10.3. The van der Waals surface area contributed by atoms with Gasteiger partial charge in [-0.2, -0.15) is 0 Å². The second-order valence-electron chi connectivity index (χ2n) is 3.24. The first-order chi connectivity index (χ1) is 7.33. The van der Waals surface area contributed by atoms with E-state index in [4.69, 9.17) is 0 Å². The molecule has 0 aliphatic heterocycles. The van der Waals surface area contributed by atoms with Gasteiger partial charge in [-0.25, -0.2) is 9.98 Å². The number of aromatic nitrogens is 2. The van der Waals surface area contributed by atoms with Gasteiger partial charge in [-0.05, 0) is 24.6 Å². The zero-order valence-electron chi connectivity index (χ0n) is 8.70. The Balaban J connectivity index is 2.45. The summed E-state index contributed by atoms with van der Waals surface area (Å²) in [5, 5.41) is 0. The summed E-state index contributed by atoms with van der Waals surface area (Å²) in [5.74, 6) is 0.646. The topological polar surface area (TPSA) is 41.0 Å². The molecule has 76 valence electrons. The molecule has 0 spiro atoms. The average molecular weight is 199 g/mol. The number of aromatic amines is 1. The number of allylic oxidation sites excluding steroid dienone is 1. The van der Waals surface area contributed by atoms with Crippen molar-refractivity contribution < 1.29 is 0 Å². The monoisotopic (exact) mass is 199 g/mol. The summed E-state index contributed by atoms with van der Waals surface area (Å²) in [6.45, 7) is 5.75. The van der Waals surface area contributed by atoms with E-state index in [0.29, 0.717) is 5.95 Å². The standard InChI is InChI=1S/C12H13N3/c1-3-9(4-2)13-12-14-10-7-5-6-8-11(10)15-12/h3,5-8H,1,4H2,2H3,(H,14,15). The van der Waals surface area contributed by atoms with Gasteiger partial charge in [-0.1, -0.05) is 25.6 Å². The Morgan fingerprint density at radius 2 is 2.33 bits per heavy atom. The fourth-order valence-electron chi connectivity index (χ4n) is 1.40.